The van der Waals surface area contributed by atoms with Gasteiger partial charge in [-0.15, -0.1) is 0 Å². The van der Waals surface area contributed by atoms with Crippen LogP contribution >= 0.6 is 15.9 Å². The van der Waals surface area contributed by atoms with Crippen molar-refractivity contribution in [3.63, 3.8) is 0 Å². The molecule has 0 saturated heterocycles. The van der Waals surface area contributed by atoms with E-state index in [-0.39, 0.29) is 0 Å². The highest BCUT2D eigenvalue weighted by Crippen LogP contribution is 2.36. The summed E-state index contributed by atoms with van der Waals surface area (Å²) in [7, 11) is 1.72. The summed E-state index contributed by atoms with van der Waals surface area (Å²) in [6.45, 7) is 2.13. The normalized spacial score (nSPS) is 16.9. The van der Waals surface area contributed by atoms with Gasteiger partial charge >= 0.3 is 0 Å². The zero-order valence-corrected chi connectivity index (χ0v) is 13.3. The molecule has 1 atom stereocenters. The molecular formula is C17H18BrNO. The van der Waals surface area contributed by atoms with Crippen LogP contribution in [0.3, 0.4) is 0 Å². The topological polar surface area (TPSA) is 21.3 Å². The fraction of sp³-hybridized carbons (Fsp3) is 0.294. The fourth-order valence-electron chi connectivity index (χ4n) is 2.83. The Kier molecular flexibility index (Phi) is 3.70. The number of ether oxygens (including phenoxy) is 1. The fourth-order valence-corrected chi connectivity index (χ4v) is 3.31. The van der Waals surface area contributed by atoms with Crippen molar-refractivity contribution in [2.45, 2.75) is 25.8 Å². The van der Waals surface area contributed by atoms with E-state index < -0.39 is 0 Å². The van der Waals surface area contributed by atoms with Crippen LogP contribution in [0.2, 0.25) is 0 Å². The van der Waals surface area contributed by atoms with Crippen LogP contribution in [0.4, 0.5) is 5.69 Å². The SMILES string of the molecule is COc1ccc2c(c1)C(Nc1ccc(Br)cc1C)CC2. The summed E-state index contributed by atoms with van der Waals surface area (Å²) in [4.78, 5) is 0. The third-order valence-corrected chi connectivity index (χ3v) is 4.44. The van der Waals surface area contributed by atoms with Crippen LogP contribution in [-0.2, 0) is 6.42 Å². The molecule has 0 spiro atoms. The molecule has 0 fully saturated rings. The van der Waals surface area contributed by atoms with Gasteiger partial charge in [-0.05, 0) is 66.8 Å². The van der Waals surface area contributed by atoms with E-state index in [9.17, 15) is 0 Å². The second kappa shape index (κ2) is 5.49. The number of fused-ring (bicyclic) bond motifs is 1. The van der Waals surface area contributed by atoms with Crippen LogP contribution in [0, 0.1) is 6.92 Å². The van der Waals surface area contributed by atoms with E-state index in [1.165, 1.54) is 22.4 Å². The van der Waals surface area contributed by atoms with E-state index in [1.54, 1.807) is 7.11 Å². The summed E-state index contributed by atoms with van der Waals surface area (Å²) in [5.74, 6) is 0.935. The Bertz CT molecular complexity index is 639. The molecule has 0 aromatic heterocycles. The summed E-state index contributed by atoms with van der Waals surface area (Å²) in [6, 6.07) is 13.1. The molecule has 2 nitrogen and oxygen atoms in total. The van der Waals surface area contributed by atoms with Gasteiger partial charge in [0.2, 0.25) is 0 Å². The number of methoxy groups -OCH3 is 1. The first kappa shape index (κ1) is 13.5. The minimum atomic E-state index is 0.375. The van der Waals surface area contributed by atoms with E-state index >= 15 is 0 Å². The molecule has 20 heavy (non-hydrogen) atoms. The van der Waals surface area contributed by atoms with Crippen LogP contribution in [0.5, 0.6) is 5.75 Å². The number of anilines is 1. The van der Waals surface area contributed by atoms with E-state index in [4.69, 9.17) is 4.74 Å². The quantitative estimate of drug-likeness (QED) is 0.866. The maximum atomic E-state index is 5.34. The van der Waals surface area contributed by atoms with Gasteiger partial charge < -0.3 is 10.1 Å². The van der Waals surface area contributed by atoms with Crippen molar-refractivity contribution in [2.75, 3.05) is 12.4 Å². The molecular weight excluding hydrogens is 314 g/mol. The van der Waals surface area contributed by atoms with Crippen LogP contribution in [0.15, 0.2) is 40.9 Å². The summed E-state index contributed by atoms with van der Waals surface area (Å²) in [6.07, 6.45) is 2.27. The van der Waals surface area contributed by atoms with Crippen LogP contribution in [0.1, 0.15) is 29.2 Å². The van der Waals surface area contributed by atoms with Crippen molar-refractivity contribution in [3.05, 3.63) is 57.6 Å². The van der Waals surface area contributed by atoms with Gasteiger partial charge in [0.1, 0.15) is 5.75 Å². The molecule has 2 aromatic carbocycles. The van der Waals surface area contributed by atoms with Crippen molar-refractivity contribution in [1.82, 2.24) is 0 Å². The summed E-state index contributed by atoms with van der Waals surface area (Å²) in [5.41, 5.74) is 5.26. The lowest BCUT2D eigenvalue weighted by molar-refractivity contribution is 0.414. The zero-order valence-electron chi connectivity index (χ0n) is 11.7. The molecule has 3 heteroatoms. The van der Waals surface area contributed by atoms with Gasteiger partial charge in [-0.1, -0.05) is 22.0 Å². The lowest BCUT2D eigenvalue weighted by Gasteiger charge is -2.18. The molecule has 0 saturated carbocycles. The average molecular weight is 332 g/mol. The number of halogens is 1. The van der Waals surface area contributed by atoms with E-state index in [1.807, 2.05) is 6.07 Å². The van der Waals surface area contributed by atoms with Crippen LogP contribution in [0.25, 0.3) is 0 Å². The molecule has 2 aromatic rings. The minimum Gasteiger partial charge on any atom is -0.497 e. The van der Waals surface area contributed by atoms with Gasteiger partial charge in [0, 0.05) is 10.2 Å². The molecule has 104 valence electrons. The molecule has 1 unspecified atom stereocenters. The highest BCUT2D eigenvalue weighted by molar-refractivity contribution is 9.10. The lowest BCUT2D eigenvalue weighted by atomic mass is 10.1. The Morgan fingerprint density at radius 2 is 2.05 bits per heavy atom. The van der Waals surface area contributed by atoms with Crippen molar-refractivity contribution in [3.8, 4) is 5.75 Å². The Morgan fingerprint density at radius 3 is 2.80 bits per heavy atom. The van der Waals surface area contributed by atoms with Gasteiger partial charge in [0.25, 0.3) is 0 Å². The second-order valence-corrected chi connectivity index (χ2v) is 6.18. The van der Waals surface area contributed by atoms with Crippen LogP contribution in [-0.4, -0.2) is 7.11 Å². The predicted octanol–water partition coefficient (Wildman–Crippen LogP) is 4.87. The Balaban J connectivity index is 1.87. The first-order chi connectivity index (χ1) is 9.67. The molecule has 0 aliphatic heterocycles. The van der Waals surface area contributed by atoms with Gasteiger partial charge in [-0.2, -0.15) is 0 Å². The number of hydrogen-bond acceptors (Lipinski definition) is 2. The zero-order chi connectivity index (χ0) is 14.1. The van der Waals surface area contributed by atoms with E-state index in [0.717, 1.165) is 23.1 Å². The first-order valence-electron chi connectivity index (χ1n) is 6.87. The van der Waals surface area contributed by atoms with E-state index in [0.29, 0.717) is 6.04 Å². The largest absolute Gasteiger partial charge is 0.497 e. The second-order valence-electron chi connectivity index (χ2n) is 5.26. The molecule has 0 bridgehead atoms. The van der Waals surface area contributed by atoms with Gasteiger partial charge in [-0.3, -0.25) is 0 Å². The molecule has 3 rings (SSSR count). The maximum Gasteiger partial charge on any atom is 0.119 e. The highest BCUT2D eigenvalue weighted by atomic mass is 79.9. The first-order valence-corrected chi connectivity index (χ1v) is 7.66. The molecule has 0 heterocycles. The summed E-state index contributed by atoms with van der Waals surface area (Å²) < 4.78 is 6.46. The van der Waals surface area contributed by atoms with Crippen molar-refractivity contribution < 1.29 is 4.74 Å². The molecule has 1 aliphatic rings. The summed E-state index contributed by atoms with van der Waals surface area (Å²) in [5, 5.41) is 3.67. The van der Waals surface area contributed by atoms with Gasteiger partial charge in [0.15, 0.2) is 0 Å². The number of rotatable bonds is 3. The van der Waals surface area contributed by atoms with Gasteiger partial charge in [0.05, 0.1) is 13.2 Å². The Morgan fingerprint density at radius 1 is 1.20 bits per heavy atom. The predicted molar refractivity (Wildman–Crippen MR) is 86.6 cm³/mol. The van der Waals surface area contributed by atoms with Crippen molar-refractivity contribution >= 4 is 21.6 Å². The number of benzene rings is 2. The van der Waals surface area contributed by atoms with Crippen molar-refractivity contribution in [1.29, 1.82) is 0 Å². The molecule has 1 N–H and O–H groups in total. The molecule has 1 aliphatic carbocycles. The van der Waals surface area contributed by atoms with Crippen LogP contribution < -0.4 is 10.1 Å². The average Bonchev–Trinajstić information content (AvgIpc) is 2.84. The third kappa shape index (κ3) is 2.55. The smallest absolute Gasteiger partial charge is 0.119 e. The molecule has 0 radical (unpaired) electrons. The Hall–Kier alpha value is -1.48. The number of hydrogen-bond donors (Lipinski definition) is 1. The highest BCUT2D eigenvalue weighted by Gasteiger charge is 2.23. The number of nitrogens with one attached hydrogen (secondary N) is 1. The maximum absolute atomic E-state index is 5.34. The summed E-state index contributed by atoms with van der Waals surface area (Å²) >= 11 is 3.51. The van der Waals surface area contributed by atoms with Crippen molar-refractivity contribution in [2.24, 2.45) is 0 Å². The standard InChI is InChI=1S/C17H18BrNO/c1-11-9-13(18)5-8-16(11)19-17-7-4-12-3-6-14(20-2)10-15(12)17/h3,5-6,8-10,17,19H,4,7H2,1-2H3. The van der Waals surface area contributed by atoms with Gasteiger partial charge in [-0.25, -0.2) is 0 Å². The lowest BCUT2D eigenvalue weighted by Crippen LogP contribution is -2.08. The number of aryl methyl sites for hydroxylation is 2. The molecule has 0 amide bonds. The minimum absolute atomic E-state index is 0.375. The third-order valence-electron chi connectivity index (χ3n) is 3.95. The monoisotopic (exact) mass is 331 g/mol. The Labute approximate surface area is 128 Å². The van der Waals surface area contributed by atoms with E-state index in [2.05, 4.69) is 58.5 Å².